The quantitative estimate of drug-likeness (QED) is 0.554. The van der Waals surface area contributed by atoms with Gasteiger partial charge in [-0.3, -0.25) is 9.88 Å². The summed E-state index contributed by atoms with van der Waals surface area (Å²) in [6, 6.07) is 5.78. The fourth-order valence-corrected chi connectivity index (χ4v) is 3.58. The normalized spacial score (nSPS) is 18.6. The molecule has 1 aliphatic rings. The summed E-state index contributed by atoms with van der Waals surface area (Å²) in [5, 5.41) is 6.48. The summed E-state index contributed by atoms with van der Waals surface area (Å²) in [7, 11) is -2.81. The van der Waals surface area contributed by atoms with Crippen LogP contribution in [0.1, 0.15) is 12.6 Å². The second-order valence-electron chi connectivity index (χ2n) is 5.44. The first-order valence-corrected chi connectivity index (χ1v) is 9.76. The molecule has 7 nitrogen and oxygen atoms in total. The second kappa shape index (κ2) is 8.83. The fourth-order valence-electron chi connectivity index (χ4n) is 2.30. The standard InChI is InChI=1S/C15H25N5O2S/c1-2-16-15(19-13-14-5-3-4-6-17-14)18-7-8-20-9-11-23(21,22)12-10-20/h3-6H,2,7-13H2,1H3,(H2,16,18,19). The van der Waals surface area contributed by atoms with Crippen LogP contribution in [0.5, 0.6) is 0 Å². The summed E-state index contributed by atoms with van der Waals surface area (Å²) in [5.41, 5.74) is 0.922. The number of hydrogen-bond acceptors (Lipinski definition) is 5. The number of nitrogens with zero attached hydrogens (tertiary/aromatic N) is 3. The lowest BCUT2D eigenvalue weighted by molar-refractivity contribution is 0.299. The van der Waals surface area contributed by atoms with E-state index in [0.717, 1.165) is 31.3 Å². The predicted octanol–water partition coefficient (Wildman–Crippen LogP) is -0.133. The summed E-state index contributed by atoms with van der Waals surface area (Å²) < 4.78 is 22.8. The molecular weight excluding hydrogens is 314 g/mol. The van der Waals surface area contributed by atoms with E-state index in [1.807, 2.05) is 25.1 Å². The Morgan fingerprint density at radius 1 is 1.30 bits per heavy atom. The van der Waals surface area contributed by atoms with E-state index < -0.39 is 9.84 Å². The molecule has 2 heterocycles. The molecule has 2 N–H and O–H groups in total. The molecule has 2 rings (SSSR count). The van der Waals surface area contributed by atoms with Crippen molar-refractivity contribution in [2.45, 2.75) is 13.5 Å². The summed E-state index contributed by atoms with van der Waals surface area (Å²) in [5.74, 6) is 1.28. The monoisotopic (exact) mass is 339 g/mol. The van der Waals surface area contributed by atoms with Gasteiger partial charge < -0.3 is 10.6 Å². The van der Waals surface area contributed by atoms with Gasteiger partial charge in [0.2, 0.25) is 0 Å². The molecule has 0 bridgehead atoms. The number of sulfone groups is 1. The number of aromatic nitrogens is 1. The zero-order valence-corrected chi connectivity index (χ0v) is 14.3. The maximum absolute atomic E-state index is 11.4. The summed E-state index contributed by atoms with van der Waals surface area (Å²) in [6.45, 7) is 6.11. The molecule has 0 saturated carbocycles. The molecule has 0 radical (unpaired) electrons. The van der Waals surface area contributed by atoms with Crippen LogP contribution in [0.25, 0.3) is 0 Å². The molecule has 23 heavy (non-hydrogen) atoms. The smallest absolute Gasteiger partial charge is 0.191 e. The summed E-state index contributed by atoms with van der Waals surface area (Å²) in [6.07, 6.45) is 1.76. The Bertz CT molecular complexity index is 590. The van der Waals surface area contributed by atoms with E-state index in [-0.39, 0.29) is 11.5 Å². The van der Waals surface area contributed by atoms with E-state index in [4.69, 9.17) is 0 Å². The molecule has 0 aliphatic carbocycles. The van der Waals surface area contributed by atoms with E-state index >= 15 is 0 Å². The Morgan fingerprint density at radius 3 is 2.74 bits per heavy atom. The maximum Gasteiger partial charge on any atom is 0.191 e. The van der Waals surface area contributed by atoms with Crippen LogP contribution in [0, 0.1) is 0 Å². The minimum absolute atomic E-state index is 0.265. The predicted molar refractivity (Wildman–Crippen MR) is 92.1 cm³/mol. The SMILES string of the molecule is CCNC(=NCc1ccccn1)NCCN1CCS(=O)(=O)CC1. The van der Waals surface area contributed by atoms with Crippen LogP contribution >= 0.6 is 0 Å². The zero-order valence-electron chi connectivity index (χ0n) is 13.5. The van der Waals surface area contributed by atoms with Gasteiger partial charge in [-0.15, -0.1) is 0 Å². The van der Waals surface area contributed by atoms with Crippen LogP contribution in [0.15, 0.2) is 29.4 Å². The second-order valence-corrected chi connectivity index (χ2v) is 7.74. The Morgan fingerprint density at radius 2 is 2.09 bits per heavy atom. The maximum atomic E-state index is 11.4. The van der Waals surface area contributed by atoms with E-state index in [0.29, 0.717) is 19.6 Å². The van der Waals surface area contributed by atoms with Crippen LogP contribution in [-0.2, 0) is 16.4 Å². The average molecular weight is 339 g/mol. The highest BCUT2D eigenvalue weighted by molar-refractivity contribution is 7.91. The number of rotatable bonds is 6. The molecule has 1 aromatic rings. The Hall–Kier alpha value is -1.67. The van der Waals surface area contributed by atoms with Crippen molar-refractivity contribution in [1.82, 2.24) is 20.5 Å². The average Bonchev–Trinajstić information content (AvgIpc) is 2.55. The third-order valence-corrected chi connectivity index (χ3v) is 5.24. The van der Waals surface area contributed by atoms with E-state index in [1.165, 1.54) is 0 Å². The highest BCUT2D eigenvalue weighted by Crippen LogP contribution is 2.02. The first-order chi connectivity index (χ1) is 11.1. The molecule has 0 aromatic carbocycles. The van der Waals surface area contributed by atoms with Gasteiger partial charge in [-0.05, 0) is 19.1 Å². The molecule has 0 spiro atoms. The number of hydrogen-bond donors (Lipinski definition) is 2. The lowest BCUT2D eigenvalue weighted by Crippen LogP contribution is -2.45. The topological polar surface area (TPSA) is 86.7 Å². The van der Waals surface area contributed by atoms with Crippen LogP contribution in [-0.4, -0.2) is 68.5 Å². The minimum Gasteiger partial charge on any atom is -0.357 e. The molecule has 128 valence electrons. The third-order valence-electron chi connectivity index (χ3n) is 3.63. The van der Waals surface area contributed by atoms with Crippen LogP contribution in [0.3, 0.4) is 0 Å². The van der Waals surface area contributed by atoms with Crippen LogP contribution in [0.4, 0.5) is 0 Å². The van der Waals surface area contributed by atoms with Crippen molar-refractivity contribution in [3.05, 3.63) is 30.1 Å². The van der Waals surface area contributed by atoms with Crippen molar-refractivity contribution in [1.29, 1.82) is 0 Å². The van der Waals surface area contributed by atoms with Crippen LogP contribution < -0.4 is 10.6 Å². The molecular formula is C15H25N5O2S. The third kappa shape index (κ3) is 6.54. The number of guanidine groups is 1. The summed E-state index contributed by atoms with van der Waals surface area (Å²) >= 11 is 0. The molecule has 8 heteroatoms. The zero-order chi connectivity index (χ0) is 16.5. The van der Waals surface area contributed by atoms with E-state index in [2.05, 4.69) is 25.5 Å². The molecule has 1 fully saturated rings. The molecule has 1 saturated heterocycles. The molecule has 0 unspecified atom stereocenters. The Kier molecular flexibility index (Phi) is 6.79. The Labute approximate surface area is 138 Å². The van der Waals surface area contributed by atoms with Gasteiger partial charge in [0.15, 0.2) is 15.8 Å². The van der Waals surface area contributed by atoms with E-state index in [9.17, 15) is 8.42 Å². The van der Waals surface area contributed by atoms with Crippen LogP contribution in [0.2, 0.25) is 0 Å². The number of aliphatic imine (C=N–C) groups is 1. The van der Waals surface area contributed by atoms with Crippen molar-refractivity contribution >= 4 is 15.8 Å². The van der Waals surface area contributed by atoms with Gasteiger partial charge in [-0.25, -0.2) is 13.4 Å². The highest BCUT2D eigenvalue weighted by Gasteiger charge is 2.20. The van der Waals surface area contributed by atoms with Gasteiger partial charge in [0.05, 0.1) is 23.7 Å². The lowest BCUT2D eigenvalue weighted by Gasteiger charge is -2.26. The molecule has 1 aromatic heterocycles. The Balaban J connectivity index is 1.76. The first-order valence-electron chi connectivity index (χ1n) is 7.94. The first kappa shape index (κ1) is 17.7. The molecule has 0 atom stereocenters. The van der Waals surface area contributed by atoms with Gasteiger partial charge in [-0.1, -0.05) is 6.07 Å². The minimum atomic E-state index is -2.81. The number of nitrogens with one attached hydrogen (secondary N) is 2. The summed E-state index contributed by atoms with van der Waals surface area (Å²) in [4.78, 5) is 10.9. The van der Waals surface area contributed by atoms with Crippen molar-refractivity contribution in [2.75, 3.05) is 44.2 Å². The highest BCUT2D eigenvalue weighted by atomic mass is 32.2. The van der Waals surface area contributed by atoms with Crippen molar-refractivity contribution in [3.63, 3.8) is 0 Å². The number of pyridine rings is 1. The fraction of sp³-hybridized carbons (Fsp3) is 0.600. The van der Waals surface area contributed by atoms with Gasteiger partial charge in [0, 0.05) is 38.9 Å². The van der Waals surface area contributed by atoms with Gasteiger partial charge in [-0.2, -0.15) is 0 Å². The lowest BCUT2D eigenvalue weighted by atomic mass is 10.3. The van der Waals surface area contributed by atoms with Gasteiger partial charge >= 0.3 is 0 Å². The van der Waals surface area contributed by atoms with Crippen molar-refractivity contribution in [2.24, 2.45) is 4.99 Å². The molecule has 1 aliphatic heterocycles. The van der Waals surface area contributed by atoms with E-state index in [1.54, 1.807) is 6.20 Å². The largest absolute Gasteiger partial charge is 0.357 e. The molecule has 0 amide bonds. The van der Waals surface area contributed by atoms with Gasteiger partial charge in [0.25, 0.3) is 0 Å². The van der Waals surface area contributed by atoms with Gasteiger partial charge in [0.1, 0.15) is 0 Å². The van der Waals surface area contributed by atoms with Crippen molar-refractivity contribution in [3.8, 4) is 0 Å². The van der Waals surface area contributed by atoms with Crippen molar-refractivity contribution < 1.29 is 8.42 Å².